The summed E-state index contributed by atoms with van der Waals surface area (Å²) in [6.07, 6.45) is 0.0888. The van der Waals surface area contributed by atoms with Crippen LogP contribution >= 0.6 is 0 Å². The minimum atomic E-state index is 0.0888. The summed E-state index contributed by atoms with van der Waals surface area (Å²) < 4.78 is 0. The lowest BCUT2D eigenvalue weighted by Gasteiger charge is -2.22. The zero-order chi connectivity index (χ0) is 35.1. The van der Waals surface area contributed by atoms with Crippen molar-refractivity contribution in [2.24, 2.45) is 0 Å². The molecule has 0 amide bonds. The zero-order valence-electron chi connectivity index (χ0n) is 29.2. The zero-order valence-corrected chi connectivity index (χ0v) is 29.2. The SMILES string of the molecule is c1ccc(-c2ccc(-c3ccccc3)c(-c3c4ccccc4c(-c4ccc([NH+]5c6ccccc6NC5c5ccccc5)cc4)c4ccccc34)c2)cc1. The van der Waals surface area contributed by atoms with Crippen molar-refractivity contribution in [2.75, 3.05) is 5.32 Å². The van der Waals surface area contributed by atoms with Crippen molar-refractivity contribution in [3.05, 3.63) is 212 Å². The summed E-state index contributed by atoms with van der Waals surface area (Å²) in [5.74, 6) is 0. The van der Waals surface area contributed by atoms with E-state index in [9.17, 15) is 0 Å². The lowest BCUT2D eigenvalue weighted by Crippen LogP contribution is -3.01. The van der Waals surface area contributed by atoms with Crippen LogP contribution in [0.2, 0.25) is 0 Å². The molecule has 2 nitrogen and oxygen atoms in total. The van der Waals surface area contributed by atoms with Crippen LogP contribution in [0.1, 0.15) is 11.7 Å². The Hall–Kier alpha value is -6.74. The summed E-state index contributed by atoms with van der Waals surface area (Å²) in [6, 6.07) is 75.2. The van der Waals surface area contributed by atoms with Gasteiger partial charge < -0.3 is 5.32 Å². The molecule has 0 aliphatic carbocycles. The number of benzene rings is 9. The van der Waals surface area contributed by atoms with Gasteiger partial charge in [-0.15, -0.1) is 0 Å². The van der Waals surface area contributed by atoms with E-state index in [1.165, 1.54) is 93.6 Å². The van der Waals surface area contributed by atoms with Crippen LogP contribution in [0, 0.1) is 0 Å². The first-order valence-electron chi connectivity index (χ1n) is 18.4. The third-order valence-electron chi connectivity index (χ3n) is 10.8. The number of hydrogen-bond donors (Lipinski definition) is 2. The lowest BCUT2D eigenvalue weighted by atomic mass is 9.83. The smallest absolute Gasteiger partial charge is 0.197 e. The van der Waals surface area contributed by atoms with E-state index in [1.54, 1.807) is 0 Å². The van der Waals surface area contributed by atoms with E-state index < -0.39 is 0 Å². The van der Waals surface area contributed by atoms with Crippen molar-refractivity contribution in [3.8, 4) is 44.5 Å². The summed E-state index contributed by atoms with van der Waals surface area (Å²) in [6.45, 7) is 0. The highest BCUT2D eigenvalue weighted by Gasteiger charge is 2.36. The summed E-state index contributed by atoms with van der Waals surface area (Å²) in [5.41, 5.74) is 14.8. The number of hydrogen-bond acceptors (Lipinski definition) is 1. The molecule has 0 bridgehead atoms. The van der Waals surface area contributed by atoms with Gasteiger partial charge in [-0.05, 0) is 90.3 Å². The average molecular weight is 678 g/mol. The molecule has 10 rings (SSSR count). The molecule has 0 saturated heterocycles. The molecule has 0 spiro atoms. The van der Waals surface area contributed by atoms with Gasteiger partial charge >= 0.3 is 0 Å². The number of para-hydroxylation sites is 2. The van der Waals surface area contributed by atoms with E-state index >= 15 is 0 Å². The normalized spacial score (nSPS) is 14.9. The third-order valence-corrected chi connectivity index (χ3v) is 10.8. The number of nitrogens with one attached hydrogen (secondary N) is 2. The predicted octanol–water partition coefficient (Wildman–Crippen LogP) is 12.6. The molecule has 2 unspecified atom stereocenters. The number of anilines is 1. The monoisotopic (exact) mass is 677 g/mol. The maximum absolute atomic E-state index is 3.81. The maximum Gasteiger partial charge on any atom is 0.197 e. The van der Waals surface area contributed by atoms with Gasteiger partial charge in [0.15, 0.2) is 11.9 Å². The minimum Gasteiger partial charge on any atom is -0.327 e. The van der Waals surface area contributed by atoms with Crippen LogP contribution in [0.3, 0.4) is 0 Å². The van der Waals surface area contributed by atoms with Gasteiger partial charge in [-0.3, -0.25) is 0 Å². The Morgan fingerprint density at radius 3 is 1.51 bits per heavy atom. The van der Waals surface area contributed by atoms with Gasteiger partial charge in [-0.25, -0.2) is 4.90 Å². The molecule has 2 heteroatoms. The van der Waals surface area contributed by atoms with Crippen molar-refractivity contribution in [2.45, 2.75) is 6.17 Å². The van der Waals surface area contributed by atoms with E-state index in [0.29, 0.717) is 0 Å². The Labute approximate surface area is 310 Å². The number of rotatable bonds is 6. The number of quaternary nitrogens is 1. The van der Waals surface area contributed by atoms with Crippen LogP contribution in [0.25, 0.3) is 66.1 Å². The Morgan fingerprint density at radius 2 is 0.868 bits per heavy atom. The molecule has 250 valence electrons. The van der Waals surface area contributed by atoms with Crippen LogP contribution in [0.15, 0.2) is 206 Å². The summed E-state index contributed by atoms with van der Waals surface area (Å²) in [4.78, 5) is 1.31. The van der Waals surface area contributed by atoms with Gasteiger partial charge in [-0.2, -0.15) is 0 Å². The van der Waals surface area contributed by atoms with Gasteiger partial charge in [-0.1, -0.05) is 164 Å². The predicted molar refractivity (Wildman–Crippen MR) is 223 cm³/mol. The van der Waals surface area contributed by atoms with E-state index in [0.717, 1.165) is 0 Å². The van der Waals surface area contributed by atoms with Crippen LogP contribution in [-0.2, 0) is 0 Å². The van der Waals surface area contributed by atoms with Gasteiger partial charge in [0.05, 0.1) is 0 Å². The Balaban J connectivity index is 1.17. The molecule has 2 atom stereocenters. The highest BCUT2D eigenvalue weighted by Crippen LogP contribution is 2.47. The van der Waals surface area contributed by atoms with Gasteiger partial charge in [0.2, 0.25) is 0 Å². The Bertz CT molecular complexity index is 2680. The topological polar surface area (TPSA) is 16.5 Å². The molecule has 0 fully saturated rings. The van der Waals surface area contributed by atoms with Crippen LogP contribution in [0.5, 0.6) is 0 Å². The fraction of sp³-hybridized carbons (Fsp3) is 0.0196. The van der Waals surface area contributed by atoms with Crippen LogP contribution in [0.4, 0.5) is 17.1 Å². The maximum atomic E-state index is 3.81. The minimum absolute atomic E-state index is 0.0888. The Kier molecular flexibility index (Phi) is 7.67. The van der Waals surface area contributed by atoms with E-state index in [4.69, 9.17) is 0 Å². The molecule has 2 N–H and O–H groups in total. The fourth-order valence-electron chi connectivity index (χ4n) is 8.42. The first kappa shape index (κ1) is 31.0. The molecule has 0 saturated carbocycles. The van der Waals surface area contributed by atoms with Gasteiger partial charge in [0.25, 0.3) is 0 Å². The quantitative estimate of drug-likeness (QED) is 0.168. The number of fused-ring (bicyclic) bond motifs is 3. The van der Waals surface area contributed by atoms with Crippen LogP contribution in [-0.4, -0.2) is 0 Å². The second kappa shape index (κ2) is 13.1. The second-order valence-corrected chi connectivity index (χ2v) is 13.9. The van der Waals surface area contributed by atoms with Crippen molar-refractivity contribution < 1.29 is 4.90 Å². The standard InChI is InChI=1S/C51H36N2/c1-4-16-35(17-5-1)39-30-33-41(36-18-6-2-7-19-36)46(34-39)50-44-24-12-10-22-42(44)49(43-23-11-13-25-45(43)50)37-28-31-40(32-29-37)53-48-27-15-14-26-47(48)52-51(53)38-20-8-3-9-21-38/h1-34,51-52H/p+1. The van der Waals surface area contributed by atoms with Crippen LogP contribution < -0.4 is 10.2 Å². The van der Waals surface area contributed by atoms with E-state index in [-0.39, 0.29) is 6.17 Å². The summed E-state index contributed by atoms with van der Waals surface area (Å²) >= 11 is 0. The van der Waals surface area contributed by atoms with E-state index in [1.807, 2.05) is 0 Å². The highest BCUT2D eigenvalue weighted by atomic mass is 15.3. The molecule has 1 heterocycles. The van der Waals surface area contributed by atoms with Gasteiger partial charge in [0, 0.05) is 23.8 Å². The van der Waals surface area contributed by atoms with Crippen molar-refractivity contribution in [1.29, 1.82) is 0 Å². The first-order valence-corrected chi connectivity index (χ1v) is 18.4. The Morgan fingerprint density at radius 1 is 0.358 bits per heavy atom. The van der Waals surface area contributed by atoms with Crippen molar-refractivity contribution in [1.82, 2.24) is 0 Å². The average Bonchev–Trinajstić information content (AvgIpc) is 3.63. The van der Waals surface area contributed by atoms with Crippen molar-refractivity contribution >= 4 is 38.6 Å². The fourth-order valence-corrected chi connectivity index (χ4v) is 8.42. The van der Waals surface area contributed by atoms with E-state index in [2.05, 4.69) is 212 Å². The first-order chi connectivity index (χ1) is 26.3. The van der Waals surface area contributed by atoms with Crippen molar-refractivity contribution in [3.63, 3.8) is 0 Å². The van der Waals surface area contributed by atoms with Gasteiger partial charge in [0.1, 0.15) is 11.4 Å². The molecule has 53 heavy (non-hydrogen) atoms. The molecular weight excluding hydrogens is 641 g/mol. The lowest BCUT2D eigenvalue weighted by molar-refractivity contribution is -0.786. The molecule has 9 aromatic rings. The largest absolute Gasteiger partial charge is 0.327 e. The molecule has 9 aromatic carbocycles. The molecule has 0 radical (unpaired) electrons. The summed E-state index contributed by atoms with van der Waals surface area (Å²) in [5, 5.41) is 8.81. The molecule has 0 aromatic heterocycles. The molecule has 1 aliphatic heterocycles. The molecular formula is C51H37N2+. The second-order valence-electron chi connectivity index (χ2n) is 13.9. The third kappa shape index (κ3) is 5.40. The highest BCUT2D eigenvalue weighted by molar-refractivity contribution is 6.22. The molecule has 1 aliphatic rings. The summed E-state index contributed by atoms with van der Waals surface area (Å²) in [7, 11) is 0.